The van der Waals surface area contributed by atoms with Gasteiger partial charge in [0.25, 0.3) is 0 Å². The quantitative estimate of drug-likeness (QED) is 0.779. The highest BCUT2D eigenvalue weighted by Crippen LogP contribution is 2.31. The van der Waals surface area contributed by atoms with Gasteiger partial charge in [0.15, 0.2) is 0 Å². The Morgan fingerprint density at radius 1 is 1.44 bits per heavy atom. The summed E-state index contributed by atoms with van der Waals surface area (Å²) >= 11 is 0. The molecule has 0 amide bonds. The topological polar surface area (TPSA) is 21.1 Å². The third-order valence-electron chi connectivity index (χ3n) is 2.69. The summed E-state index contributed by atoms with van der Waals surface area (Å²) in [6, 6.07) is 2.04. The highest BCUT2D eigenvalue weighted by molar-refractivity contribution is 5.64. The van der Waals surface area contributed by atoms with Crippen LogP contribution in [0.25, 0.3) is 5.57 Å². The van der Waals surface area contributed by atoms with Gasteiger partial charge >= 0.3 is 0 Å². The lowest BCUT2D eigenvalue weighted by atomic mass is 9.85. The molecule has 0 saturated carbocycles. The smallest absolute Gasteiger partial charge is 0.0641 e. The maximum atomic E-state index is 4.35. The lowest BCUT2D eigenvalue weighted by molar-refractivity contribution is 0.371. The monoisotopic (exact) mass is 221 g/mol. The standard InChI is InChI=1S/C13H23N3/c1-11(13(2,3)4)12-7-8-14-16(12)10-9-15(5)6/h7-8H,1,9-10H2,2-6H3. The highest BCUT2D eigenvalue weighted by atomic mass is 15.3. The Balaban J connectivity index is 2.82. The summed E-state index contributed by atoms with van der Waals surface area (Å²) in [5.74, 6) is 0. The van der Waals surface area contributed by atoms with Gasteiger partial charge in [0, 0.05) is 12.7 Å². The summed E-state index contributed by atoms with van der Waals surface area (Å²) in [4.78, 5) is 2.16. The van der Waals surface area contributed by atoms with E-state index < -0.39 is 0 Å². The molecule has 1 aromatic rings. The van der Waals surface area contributed by atoms with Crippen LogP contribution < -0.4 is 0 Å². The van der Waals surface area contributed by atoms with Crippen molar-refractivity contribution in [3.05, 3.63) is 24.5 Å². The Morgan fingerprint density at radius 3 is 2.56 bits per heavy atom. The molecule has 0 atom stereocenters. The maximum Gasteiger partial charge on any atom is 0.0641 e. The van der Waals surface area contributed by atoms with Gasteiger partial charge in [-0.3, -0.25) is 4.68 Å². The van der Waals surface area contributed by atoms with Crippen molar-refractivity contribution in [2.75, 3.05) is 20.6 Å². The van der Waals surface area contributed by atoms with Gasteiger partial charge in [-0.25, -0.2) is 0 Å². The predicted octanol–water partition coefficient (Wildman–Crippen LogP) is 2.50. The van der Waals surface area contributed by atoms with Crippen molar-refractivity contribution in [3.63, 3.8) is 0 Å². The van der Waals surface area contributed by atoms with Crippen molar-refractivity contribution >= 4 is 5.57 Å². The first-order valence-corrected chi connectivity index (χ1v) is 5.68. The van der Waals surface area contributed by atoms with Crippen LogP contribution in [0.4, 0.5) is 0 Å². The van der Waals surface area contributed by atoms with Gasteiger partial charge in [0.1, 0.15) is 0 Å². The minimum Gasteiger partial charge on any atom is -0.308 e. The van der Waals surface area contributed by atoms with Gasteiger partial charge in [0.2, 0.25) is 0 Å². The van der Waals surface area contributed by atoms with Crippen LogP contribution in [-0.4, -0.2) is 35.3 Å². The maximum absolute atomic E-state index is 4.35. The van der Waals surface area contributed by atoms with Gasteiger partial charge in [-0.1, -0.05) is 27.4 Å². The molecule has 90 valence electrons. The first kappa shape index (κ1) is 13.0. The Hall–Kier alpha value is -1.09. The number of hydrogen-bond acceptors (Lipinski definition) is 2. The first-order chi connectivity index (χ1) is 7.32. The molecule has 0 spiro atoms. The molecule has 0 fully saturated rings. The molecule has 0 aromatic carbocycles. The van der Waals surface area contributed by atoms with Crippen molar-refractivity contribution in [2.45, 2.75) is 27.3 Å². The average molecular weight is 221 g/mol. The van der Waals surface area contributed by atoms with Crippen molar-refractivity contribution in [2.24, 2.45) is 5.41 Å². The van der Waals surface area contributed by atoms with E-state index in [-0.39, 0.29) is 5.41 Å². The van der Waals surface area contributed by atoms with E-state index in [1.54, 1.807) is 0 Å². The van der Waals surface area contributed by atoms with E-state index in [0.29, 0.717) is 0 Å². The van der Waals surface area contributed by atoms with Crippen molar-refractivity contribution in [3.8, 4) is 0 Å². The molecule has 3 nitrogen and oxygen atoms in total. The molecule has 0 bridgehead atoms. The van der Waals surface area contributed by atoms with Crippen LogP contribution in [0.15, 0.2) is 18.8 Å². The van der Waals surface area contributed by atoms with Crippen LogP contribution in [0.1, 0.15) is 26.5 Å². The fraction of sp³-hybridized carbons (Fsp3) is 0.615. The van der Waals surface area contributed by atoms with Gasteiger partial charge in [-0.2, -0.15) is 5.10 Å². The Bertz CT molecular complexity index is 355. The second-order valence-corrected chi connectivity index (χ2v) is 5.47. The van der Waals surface area contributed by atoms with Crippen LogP contribution in [-0.2, 0) is 6.54 Å². The van der Waals surface area contributed by atoms with Crippen molar-refractivity contribution in [1.82, 2.24) is 14.7 Å². The van der Waals surface area contributed by atoms with E-state index in [4.69, 9.17) is 0 Å². The fourth-order valence-electron chi connectivity index (χ4n) is 1.45. The zero-order valence-electron chi connectivity index (χ0n) is 11.1. The second kappa shape index (κ2) is 4.83. The molecule has 1 heterocycles. The molecular weight excluding hydrogens is 198 g/mol. The van der Waals surface area contributed by atoms with E-state index in [2.05, 4.69) is 51.4 Å². The molecule has 0 aliphatic rings. The summed E-state index contributed by atoms with van der Waals surface area (Å²) in [6.45, 7) is 12.6. The van der Waals surface area contributed by atoms with Crippen LogP contribution in [0.3, 0.4) is 0 Å². The molecule has 0 N–H and O–H groups in total. The highest BCUT2D eigenvalue weighted by Gasteiger charge is 2.19. The molecule has 1 aromatic heterocycles. The van der Waals surface area contributed by atoms with E-state index in [9.17, 15) is 0 Å². The van der Waals surface area contributed by atoms with Crippen molar-refractivity contribution in [1.29, 1.82) is 0 Å². The SMILES string of the molecule is C=C(c1ccnn1CCN(C)C)C(C)(C)C. The van der Waals surface area contributed by atoms with E-state index in [0.717, 1.165) is 24.4 Å². The lowest BCUT2D eigenvalue weighted by Crippen LogP contribution is -2.21. The summed E-state index contributed by atoms with van der Waals surface area (Å²) in [5, 5.41) is 4.35. The summed E-state index contributed by atoms with van der Waals surface area (Å²) < 4.78 is 2.04. The third kappa shape index (κ3) is 3.20. The van der Waals surface area contributed by atoms with Crippen LogP contribution in [0, 0.1) is 5.41 Å². The van der Waals surface area contributed by atoms with Gasteiger partial charge in [-0.15, -0.1) is 0 Å². The van der Waals surface area contributed by atoms with E-state index in [1.807, 2.05) is 16.9 Å². The molecule has 0 aliphatic carbocycles. The molecule has 16 heavy (non-hydrogen) atoms. The normalized spacial score (nSPS) is 12.1. The number of likely N-dealkylation sites (N-methyl/N-ethyl adjacent to an activating group) is 1. The number of aromatic nitrogens is 2. The van der Waals surface area contributed by atoms with Crippen LogP contribution in [0.2, 0.25) is 0 Å². The molecule has 3 heteroatoms. The minimum absolute atomic E-state index is 0.0932. The number of allylic oxidation sites excluding steroid dienone is 1. The van der Waals surface area contributed by atoms with Gasteiger partial charge < -0.3 is 4.90 Å². The molecule has 0 saturated heterocycles. The Morgan fingerprint density at radius 2 is 2.06 bits per heavy atom. The zero-order valence-corrected chi connectivity index (χ0v) is 11.1. The third-order valence-corrected chi connectivity index (χ3v) is 2.69. The van der Waals surface area contributed by atoms with Gasteiger partial charge in [-0.05, 0) is 31.1 Å². The summed E-state index contributed by atoms with van der Waals surface area (Å²) in [5.41, 5.74) is 2.38. The first-order valence-electron chi connectivity index (χ1n) is 5.68. The average Bonchev–Trinajstić information content (AvgIpc) is 2.59. The molecule has 0 radical (unpaired) electrons. The number of nitrogens with zero attached hydrogens (tertiary/aromatic N) is 3. The summed E-state index contributed by atoms with van der Waals surface area (Å²) in [7, 11) is 4.14. The van der Waals surface area contributed by atoms with Crippen LogP contribution >= 0.6 is 0 Å². The second-order valence-electron chi connectivity index (χ2n) is 5.47. The largest absolute Gasteiger partial charge is 0.308 e. The van der Waals surface area contributed by atoms with Gasteiger partial charge in [0.05, 0.1) is 12.2 Å². The van der Waals surface area contributed by atoms with E-state index >= 15 is 0 Å². The Kier molecular flexibility index (Phi) is 3.92. The minimum atomic E-state index is 0.0932. The fourth-order valence-corrected chi connectivity index (χ4v) is 1.45. The van der Waals surface area contributed by atoms with Crippen molar-refractivity contribution < 1.29 is 0 Å². The molecular formula is C13H23N3. The zero-order chi connectivity index (χ0) is 12.3. The molecule has 0 aliphatic heterocycles. The summed E-state index contributed by atoms with van der Waals surface area (Å²) in [6.07, 6.45) is 1.85. The predicted molar refractivity (Wildman–Crippen MR) is 69.3 cm³/mol. The number of rotatable bonds is 4. The Labute approximate surface area is 98.8 Å². The lowest BCUT2D eigenvalue weighted by Gasteiger charge is -2.23. The van der Waals surface area contributed by atoms with Crippen LogP contribution in [0.5, 0.6) is 0 Å². The molecule has 1 rings (SSSR count). The molecule has 0 unspecified atom stereocenters. The number of hydrogen-bond donors (Lipinski definition) is 0. The van der Waals surface area contributed by atoms with E-state index in [1.165, 1.54) is 0 Å².